The number of hydrogen-bond donors (Lipinski definition) is 3. The number of rotatable bonds is 1. The molecule has 0 saturated carbocycles. The monoisotopic (exact) mass is 323 g/mol. The molecule has 2 aliphatic heterocycles. The van der Waals surface area contributed by atoms with Crippen LogP contribution in [0.4, 0.5) is 10.5 Å². The Kier molecular flexibility index (Phi) is 4.71. The highest BCUT2D eigenvalue weighted by Gasteiger charge is 2.24. The standard InChI is InChI=1S/C18H21N5O/c1-13-4-3-9-23(13)18(24)22-16-6-2-5-14(10-16)7-8-15-11-20-17(19)21-12-15/h2,5-6,10-11,13H,3-4,9,12H2,1H3,(H,22,24)(H3,19,20,21)/t13-/m1/s1. The van der Waals surface area contributed by atoms with E-state index in [1.165, 1.54) is 0 Å². The van der Waals surface area contributed by atoms with Crippen LogP contribution < -0.4 is 16.4 Å². The summed E-state index contributed by atoms with van der Waals surface area (Å²) in [4.78, 5) is 18.2. The van der Waals surface area contributed by atoms with Crippen LogP contribution in [0.15, 0.2) is 41.0 Å². The van der Waals surface area contributed by atoms with Gasteiger partial charge in [0, 0.05) is 35.6 Å². The molecule has 1 aromatic carbocycles. The van der Waals surface area contributed by atoms with Gasteiger partial charge in [0.1, 0.15) is 0 Å². The molecule has 0 bridgehead atoms. The predicted molar refractivity (Wildman–Crippen MR) is 95.4 cm³/mol. The minimum absolute atomic E-state index is 0.0471. The summed E-state index contributed by atoms with van der Waals surface area (Å²) in [7, 11) is 0. The van der Waals surface area contributed by atoms with E-state index >= 15 is 0 Å². The Labute approximate surface area is 141 Å². The van der Waals surface area contributed by atoms with Gasteiger partial charge in [0.15, 0.2) is 5.96 Å². The summed E-state index contributed by atoms with van der Waals surface area (Å²) in [5, 5.41) is 5.89. The maximum absolute atomic E-state index is 12.3. The number of carbonyl (C=O) groups is 1. The molecule has 1 aromatic rings. The number of nitrogens with zero attached hydrogens (tertiary/aromatic N) is 2. The summed E-state index contributed by atoms with van der Waals surface area (Å²) >= 11 is 0. The fourth-order valence-corrected chi connectivity index (χ4v) is 2.76. The van der Waals surface area contributed by atoms with E-state index in [1.807, 2.05) is 29.2 Å². The molecule has 6 heteroatoms. The van der Waals surface area contributed by atoms with E-state index in [9.17, 15) is 4.79 Å². The van der Waals surface area contributed by atoms with Crippen molar-refractivity contribution in [3.63, 3.8) is 0 Å². The van der Waals surface area contributed by atoms with Crippen LogP contribution in [0.3, 0.4) is 0 Å². The zero-order valence-electron chi connectivity index (χ0n) is 13.7. The summed E-state index contributed by atoms with van der Waals surface area (Å²) in [6.45, 7) is 3.47. The number of aliphatic imine (C=N–C) groups is 1. The molecule has 1 saturated heterocycles. The second-order valence-electron chi connectivity index (χ2n) is 5.97. The van der Waals surface area contributed by atoms with Crippen molar-refractivity contribution in [3.05, 3.63) is 41.6 Å². The van der Waals surface area contributed by atoms with E-state index < -0.39 is 0 Å². The molecule has 0 spiro atoms. The Hall–Kier alpha value is -2.94. The maximum atomic E-state index is 12.3. The summed E-state index contributed by atoms with van der Waals surface area (Å²) in [6, 6.07) is 7.79. The Morgan fingerprint density at radius 1 is 1.46 bits per heavy atom. The van der Waals surface area contributed by atoms with Gasteiger partial charge in [-0.1, -0.05) is 17.9 Å². The third-order valence-electron chi connectivity index (χ3n) is 4.11. The lowest BCUT2D eigenvalue weighted by atomic mass is 10.2. The van der Waals surface area contributed by atoms with Gasteiger partial charge in [-0.3, -0.25) is 0 Å². The minimum Gasteiger partial charge on any atom is -0.370 e. The molecular formula is C18H21N5O. The summed E-state index contributed by atoms with van der Waals surface area (Å²) < 4.78 is 0. The molecule has 4 N–H and O–H groups in total. The number of guanidine groups is 1. The van der Waals surface area contributed by atoms with Gasteiger partial charge < -0.3 is 21.3 Å². The van der Waals surface area contributed by atoms with Crippen LogP contribution >= 0.6 is 0 Å². The molecule has 2 heterocycles. The molecule has 0 radical (unpaired) electrons. The molecule has 1 atom stereocenters. The van der Waals surface area contributed by atoms with Crippen LogP contribution in [-0.2, 0) is 0 Å². The second-order valence-corrected chi connectivity index (χ2v) is 5.97. The van der Waals surface area contributed by atoms with E-state index in [-0.39, 0.29) is 6.03 Å². The van der Waals surface area contributed by atoms with Crippen LogP contribution in [0.2, 0.25) is 0 Å². The van der Waals surface area contributed by atoms with Crippen LogP contribution in [0.5, 0.6) is 0 Å². The first-order valence-electron chi connectivity index (χ1n) is 8.08. The molecule has 6 nitrogen and oxygen atoms in total. The normalized spacial score (nSPS) is 19.5. The maximum Gasteiger partial charge on any atom is 0.322 e. The van der Waals surface area contributed by atoms with Crippen molar-refractivity contribution in [2.24, 2.45) is 10.7 Å². The number of nitrogens with one attached hydrogen (secondary N) is 2. The highest BCUT2D eigenvalue weighted by Crippen LogP contribution is 2.18. The van der Waals surface area contributed by atoms with Gasteiger partial charge in [0.05, 0.1) is 6.54 Å². The first-order chi connectivity index (χ1) is 11.6. The predicted octanol–water partition coefficient (Wildman–Crippen LogP) is 1.86. The van der Waals surface area contributed by atoms with Crippen LogP contribution in [0.25, 0.3) is 0 Å². The number of benzene rings is 1. The Morgan fingerprint density at radius 3 is 3.04 bits per heavy atom. The first-order valence-corrected chi connectivity index (χ1v) is 8.08. The van der Waals surface area contributed by atoms with Crippen molar-refractivity contribution in [1.29, 1.82) is 0 Å². The Bertz CT molecular complexity index is 756. The minimum atomic E-state index is -0.0471. The molecule has 24 heavy (non-hydrogen) atoms. The summed E-state index contributed by atoms with van der Waals surface area (Å²) in [6.07, 6.45) is 3.80. The van der Waals surface area contributed by atoms with Crippen molar-refractivity contribution in [2.45, 2.75) is 25.8 Å². The molecule has 2 amide bonds. The number of anilines is 1. The number of amides is 2. The van der Waals surface area contributed by atoms with Crippen molar-refractivity contribution < 1.29 is 4.79 Å². The van der Waals surface area contributed by atoms with Gasteiger partial charge in [-0.05, 0) is 38.0 Å². The molecule has 0 unspecified atom stereocenters. The molecule has 1 fully saturated rings. The number of urea groups is 1. The SMILES string of the molecule is C[C@@H]1CCCN1C(=O)Nc1cccc(C#CC2=CN=C(N)NC2)c1. The van der Waals surface area contributed by atoms with E-state index in [4.69, 9.17) is 5.73 Å². The van der Waals surface area contributed by atoms with E-state index in [1.54, 1.807) is 6.20 Å². The van der Waals surface area contributed by atoms with Gasteiger partial charge in [-0.15, -0.1) is 0 Å². The number of carbonyl (C=O) groups excluding carboxylic acids is 1. The lowest BCUT2D eigenvalue weighted by Crippen LogP contribution is -2.37. The third kappa shape index (κ3) is 3.87. The average molecular weight is 323 g/mol. The lowest BCUT2D eigenvalue weighted by Gasteiger charge is -2.21. The van der Waals surface area contributed by atoms with Gasteiger partial charge in [0.25, 0.3) is 0 Å². The Balaban J connectivity index is 1.68. The van der Waals surface area contributed by atoms with Crippen LogP contribution in [0.1, 0.15) is 25.3 Å². The van der Waals surface area contributed by atoms with E-state index in [0.29, 0.717) is 18.5 Å². The van der Waals surface area contributed by atoms with Gasteiger partial charge in [-0.2, -0.15) is 0 Å². The van der Waals surface area contributed by atoms with Crippen LogP contribution in [0, 0.1) is 11.8 Å². The molecular weight excluding hydrogens is 302 g/mol. The third-order valence-corrected chi connectivity index (χ3v) is 4.11. The largest absolute Gasteiger partial charge is 0.370 e. The molecule has 124 valence electrons. The van der Waals surface area contributed by atoms with Gasteiger partial charge in [-0.25, -0.2) is 9.79 Å². The first kappa shape index (κ1) is 15.9. The van der Waals surface area contributed by atoms with Gasteiger partial charge >= 0.3 is 6.03 Å². The molecule has 0 aromatic heterocycles. The number of hydrogen-bond acceptors (Lipinski definition) is 4. The number of likely N-dealkylation sites (tertiary alicyclic amines) is 1. The average Bonchev–Trinajstić information content (AvgIpc) is 3.01. The molecule has 2 aliphatic rings. The quantitative estimate of drug-likeness (QED) is 0.690. The highest BCUT2D eigenvalue weighted by molar-refractivity contribution is 5.90. The smallest absolute Gasteiger partial charge is 0.322 e. The second kappa shape index (κ2) is 7.09. The number of nitrogens with two attached hydrogens (primary N) is 1. The van der Waals surface area contributed by atoms with E-state index in [2.05, 4.69) is 34.4 Å². The fourth-order valence-electron chi connectivity index (χ4n) is 2.76. The molecule has 0 aliphatic carbocycles. The molecule has 3 rings (SSSR count). The Morgan fingerprint density at radius 2 is 2.33 bits per heavy atom. The van der Waals surface area contributed by atoms with Crippen molar-refractivity contribution in [3.8, 4) is 11.8 Å². The zero-order chi connectivity index (χ0) is 16.9. The van der Waals surface area contributed by atoms with Crippen molar-refractivity contribution >= 4 is 17.7 Å². The fraction of sp³-hybridized carbons (Fsp3) is 0.333. The highest BCUT2D eigenvalue weighted by atomic mass is 16.2. The lowest BCUT2D eigenvalue weighted by molar-refractivity contribution is 0.210. The zero-order valence-corrected chi connectivity index (χ0v) is 13.7. The van der Waals surface area contributed by atoms with Crippen molar-refractivity contribution in [1.82, 2.24) is 10.2 Å². The topological polar surface area (TPSA) is 82.8 Å². The van der Waals surface area contributed by atoms with E-state index in [0.717, 1.165) is 36.2 Å². The summed E-state index contributed by atoms with van der Waals surface area (Å²) in [5.74, 6) is 6.56. The summed E-state index contributed by atoms with van der Waals surface area (Å²) in [5.41, 5.74) is 7.99. The van der Waals surface area contributed by atoms with Crippen LogP contribution in [-0.4, -0.2) is 36.0 Å². The van der Waals surface area contributed by atoms with Crippen molar-refractivity contribution in [2.75, 3.05) is 18.4 Å². The van der Waals surface area contributed by atoms with Gasteiger partial charge in [0.2, 0.25) is 0 Å².